The summed E-state index contributed by atoms with van der Waals surface area (Å²) in [7, 11) is 0. The molecule has 150 valence electrons. The van der Waals surface area contributed by atoms with E-state index in [4.69, 9.17) is 4.98 Å². The van der Waals surface area contributed by atoms with Crippen molar-refractivity contribution in [3.8, 4) is 11.4 Å². The molecule has 5 heteroatoms. The molecule has 0 atom stereocenters. The molecule has 1 N–H and O–H groups in total. The first-order valence-corrected chi connectivity index (χ1v) is 10.8. The van der Waals surface area contributed by atoms with Crippen LogP contribution in [0.4, 0.5) is 0 Å². The lowest BCUT2D eigenvalue weighted by Crippen LogP contribution is -2.53. The Balaban J connectivity index is 1.41. The zero-order valence-electron chi connectivity index (χ0n) is 17.0. The molecule has 2 aliphatic rings. The van der Waals surface area contributed by atoms with Crippen LogP contribution >= 0.6 is 0 Å². The van der Waals surface area contributed by atoms with Gasteiger partial charge in [0.1, 0.15) is 11.5 Å². The monoisotopic (exact) mass is 388 g/mol. The number of hydrogen-bond donors (Lipinski definition) is 1. The molecule has 1 saturated carbocycles. The molecular formula is C24H28N4O. The number of rotatable bonds is 4. The minimum atomic E-state index is 0.0675. The van der Waals surface area contributed by atoms with Crippen molar-refractivity contribution in [2.75, 3.05) is 26.2 Å². The van der Waals surface area contributed by atoms with E-state index in [0.717, 1.165) is 61.1 Å². The maximum atomic E-state index is 13.3. The van der Waals surface area contributed by atoms with Gasteiger partial charge in [0.05, 0.1) is 0 Å². The highest BCUT2D eigenvalue weighted by Gasteiger charge is 2.31. The van der Waals surface area contributed by atoms with Crippen LogP contribution in [0.2, 0.25) is 0 Å². The molecule has 0 radical (unpaired) electrons. The molecule has 3 aromatic rings. The van der Waals surface area contributed by atoms with Gasteiger partial charge in [0.15, 0.2) is 0 Å². The van der Waals surface area contributed by atoms with Gasteiger partial charge in [-0.05, 0) is 30.0 Å². The number of carbonyl (C=O) groups is 1. The summed E-state index contributed by atoms with van der Waals surface area (Å²) in [6.07, 6.45) is 4.76. The SMILES string of the molecule is CCc1[nH]c(-c2cccc3ccccc23)nc1C(=O)N1CCN(C2CCC2)CC1. The van der Waals surface area contributed by atoms with E-state index in [2.05, 4.69) is 41.1 Å². The number of benzene rings is 2. The molecule has 0 spiro atoms. The fourth-order valence-electron chi connectivity index (χ4n) is 4.59. The summed E-state index contributed by atoms with van der Waals surface area (Å²) in [5.41, 5.74) is 2.57. The molecular weight excluding hydrogens is 360 g/mol. The van der Waals surface area contributed by atoms with Crippen LogP contribution in [0.15, 0.2) is 42.5 Å². The summed E-state index contributed by atoms with van der Waals surface area (Å²) in [4.78, 5) is 26.0. The molecule has 5 nitrogen and oxygen atoms in total. The molecule has 1 saturated heterocycles. The van der Waals surface area contributed by atoms with Gasteiger partial charge in [-0.25, -0.2) is 4.98 Å². The van der Waals surface area contributed by atoms with Gasteiger partial charge >= 0.3 is 0 Å². The zero-order chi connectivity index (χ0) is 19.8. The van der Waals surface area contributed by atoms with Crippen LogP contribution < -0.4 is 0 Å². The lowest BCUT2D eigenvalue weighted by molar-refractivity contribution is 0.0451. The molecule has 29 heavy (non-hydrogen) atoms. The van der Waals surface area contributed by atoms with E-state index in [0.29, 0.717) is 5.69 Å². The largest absolute Gasteiger partial charge is 0.341 e. The van der Waals surface area contributed by atoms with Gasteiger partial charge < -0.3 is 9.88 Å². The fourth-order valence-corrected chi connectivity index (χ4v) is 4.59. The van der Waals surface area contributed by atoms with Crippen molar-refractivity contribution in [1.82, 2.24) is 19.8 Å². The van der Waals surface area contributed by atoms with E-state index in [1.54, 1.807) is 0 Å². The van der Waals surface area contributed by atoms with Crippen molar-refractivity contribution in [3.05, 3.63) is 53.9 Å². The van der Waals surface area contributed by atoms with Crippen molar-refractivity contribution < 1.29 is 4.79 Å². The fraction of sp³-hybridized carbons (Fsp3) is 0.417. The number of hydrogen-bond acceptors (Lipinski definition) is 3. The Morgan fingerprint density at radius 3 is 2.55 bits per heavy atom. The number of piperazine rings is 1. The van der Waals surface area contributed by atoms with Crippen molar-refractivity contribution in [3.63, 3.8) is 0 Å². The van der Waals surface area contributed by atoms with Gasteiger partial charge in [0.2, 0.25) is 0 Å². The van der Waals surface area contributed by atoms with Crippen molar-refractivity contribution in [1.29, 1.82) is 0 Å². The Bertz CT molecular complexity index is 1020. The second-order valence-corrected chi connectivity index (χ2v) is 8.21. The zero-order valence-corrected chi connectivity index (χ0v) is 17.0. The maximum absolute atomic E-state index is 13.3. The van der Waals surface area contributed by atoms with Crippen LogP contribution in [0.25, 0.3) is 22.2 Å². The molecule has 2 aromatic carbocycles. The number of imidazole rings is 1. The second-order valence-electron chi connectivity index (χ2n) is 8.21. The molecule has 1 aromatic heterocycles. The molecule has 1 aliphatic heterocycles. The van der Waals surface area contributed by atoms with Crippen LogP contribution in [0, 0.1) is 0 Å². The molecule has 1 aliphatic carbocycles. The highest BCUT2D eigenvalue weighted by atomic mass is 16.2. The van der Waals surface area contributed by atoms with Gasteiger partial charge in [-0.15, -0.1) is 0 Å². The van der Waals surface area contributed by atoms with Crippen molar-refractivity contribution in [2.45, 2.75) is 38.6 Å². The van der Waals surface area contributed by atoms with Gasteiger partial charge in [0.25, 0.3) is 5.91 Å². The Hall–Kier alpha value is -2.66. The summed E-state index contributed by atoms with van der Waals surface area (Å²) >= 11 is 0. The average Bonchev–Trinajstić information content (AvgIpc) is 3.16. The lowest BCUT2D eigenvalue weighted by Gasteiger charge is -2.42. The standard InChI is InChI=1S/C24H28N4O/c1-2-21-22(24(29)28-15-13-27(14-16-28)18-9-6-10-18)26-23(25-21)20-12-5-8-17-7-3-4-11-19(17)20/h3-5,7-8,11-12,18H,2,6,9-10,13-16H2,1H3,(H,25,26). The summed E-state index contributed by atoms with van der Waals surface area (Å²) in [6, 6.07) is 15.3. The minimum absolute atomic E-state index is 0.0675. The van der Waals surface area contributed by atoms with Gasteiger partial charge in [-0.3, -0.25) is 9.69 Å². The van der Waals surface area contributed by atoms with Gasteiger partial charge in [0, 0.05) is 43.5 Å². The van der Waals surface area contributed by atoms with Crippen LogP contribution in [0.1, 0.15) is 42.4 Å². The number of aryl methyl sites for hydroxylation is 1. The van der Waals surface area contributed by atoms with Gasteiger partial charge in [-0.2, -0.15) is 0 Å². The number of aromatic amines is 1. The third-order valence-corrected chi connectivity index (χ3v) is 6.57. The minimum Gasteiger partial charge on any atom is -0.341 e. The summed E-state index contributed by atoms with van der Waals surface area (Å²) in [5, 5.41) is 2.33. The third-order valence-electron chi connectivity index (χ3n) is 6.57. The average molecular weight is 389 g/mol. The van der Waals surface area contributed by atoms with E-state index < -0.39 is 0 Å². The highest BCUT2D eigenvalue weighted by Crippen LogP contribution is 2.29. The number of fused-ring (bicyclic) bond motifs is 1. The Morgan fingerprint density at radius 2 is 1.83 bits per heavy atom. The third kappa shape index (κ3) is 3.33. The van der Waals surface area contributed by atoms with E-state index in [9.17, 15) is 4.79 Å². The molecule has 2 fully saturated rings. The lowest BCUT2D eigenvalue weighted by atomic mass is 9.91. The summed E-state index contributed by atoms with van der Waals surface area (Å²) < 4.78 is 0. The number of amides is 1. The first kappa shape index (κ1) is 18.4. The molecule has 5 rings (SSSR count). The van der Waals surface area contributed by atoms with Gasteiger partial charge in [-0.1, -0.05) is 55.8 Å². The first-order valence-electron chi connectivity index (χ1n) is 10.8. The normalized spacial score (nSPS) is 18.2. The number of nitrogens with one attached hydrogen (secondary N) is 1. The van der Waals surface area contributed by atoms with Crippen LogP contribution in [-0.4, -0.2) is 57.9 Å². The van der Waals surface area contributed by atoms with Crippen LogP contribution in [0.3, 0.4) is 0 Å². The Morgan fingerprint density at radius 1 is 1.07 bits per heavy atom. The molecule has 0 bridgehead atoms. The second kappa shape index (κ2) is 7.64. The quantitative estimate of drug-likeness (QED) is 0.732. The van der Waals surface area contributed by atoms with E-state index in [1.165, 1.54) is 24.6 Å². The summed E-state index contributed by atoms with van der Waals surface area (Å²) in [5.74, 6) is 0.855. The summed E-state index contributed by atoms with van der Waals surface area (Å²) in [6.45, 7) is 5.65. The Kier molecular flexibility index (Phi) is 4.84. The van der Waals surface area contributed by atoms with Crippen molar-refractivity contribution >= 4 is 16.7 Å². The smallest absolute Gasteiger partial charge is 0.274 e. The predicted molar refractivity (Wildman–Crippen MR) is 116 cm³/mol. The Labute approximate surface area is 171 Å². The topological polar surface area (TPSA) is 52.2 Å². The maximum Gasteiger partial charge on any atom is 0.274 e. The van der Waals surface area contributed by atoms with E-state index >= 15 is 0 Å². The number of carbonyl (C=O) groups excluding carboxylic acids is 1. The first-order chi connectivity index (χ1) is 14.2. The van der Waals surface area contributed by atoms with Crippen molar-refractivity contribution in [2.24, 2.45) is 0 Å². The highest BCUT2D eigenvalue weighted by molar-refractivity contribution is 5.97. The number of aromatic nitrogens is 2. The molecule has 0 unspecified atom stereocenters. The van der Waals surface area contributed by atoms with Crippen LogP contribution in [0.5, 0.6) is 0 Å². The molecule has 2 heterocycles. The predicted octanol–water partition coefficient (Wildman–Crippen LogP) is 4.10. The van der Waals surface area contributed by atoms with Crippen LogP contribution in [-0.2, 0) is 6.42 Å². The number of nitrogens with zero attached hydrogens (tertiary/aromatic N) is 3. The van der Waals surface area contributed by atoms with E-state index in [1.807, 2.05) is 23.1 Å². The number of H-pyrrole nitrogens is 1. The van der Waals surface area contributed by atoms with E-state index in [-0.39, 0.29) is 5.91 Å². The molecule has 1 amide bonds.